The molecule has 2 aromatic carbocycles. The van der Waals surface area contributed by atoms with Gasteiger partial charge >= 0.3 is 0 Å². The molecule has 1 amide bonds. The van der Waals surface area contributed by atoms with Crippen LogP contribution in [0.2, 0.25) is 0 Å². The van der Waals surface area contributed by atoms with Gasteiger partial charge in [0.05, 0.1) is 17.4 Å². The van der Waals surface area contributed by atoms with Gasteiger partial charge in [-0.15, -0.1) is 0 Å². The second-order valence-corrected chi connectivity index (χ2v) is 7.88. The van der Waals surface area contributed by atoms with Gasteiger partial charge in [0.15, 0.2) is 9.84 Å². The molecule has 0 spiro atoms. The van der Waals surface area contributed by atoms with Crippen LogP contribution in [-0.2, 0) is 22.1 Å². The molecule has 24 heavy (non-hydrogen) atoms. The molecule has 0 unspecified atom stereocenters. The van der Waals surface area contributed by atoms with Gasteiger partial charge < -0.3 is 4.90 Å². The fourth-order valence-electron chi connectivity index (χ4n) is 2.30. The maximum absolute atomic E-state index is 12.4. The maximum Gasteiger partial charge on any atom is 0.253 e. The lowest BCUT2D eigenvalue weighted by atomic mass is 10.1. The van der Waals surface area contributed by atoms with E-state index in [1.54, 1.807) is 48.3 Å². The molecular formula is C18H18N2O3S. The van der Waals surface area contributed by atoms with Crippen LogP contribution in [0.1, 0.15) is 27.0 Å². The van der Waals surface area contributed by atoms with Crippen molar-refractivity contribution >= 4 is 15.7 Å². The molecule has 0 heterocycles. The Balaban J connectivity index is 2.05. The molecule has 0 aliphatic heterocycles. The summed E-state index contributed by atoms with van der Waals surface area (Å²) in [5, 5.41) is 8.79. The molecule has 5 nitrogen and oxygen atoms in total. The fraction of sp³-hybridized carbons (Fsp3) is 0.222. The molecule has 2 aromatic rings. The summed E-state index contributed by atoms with van der Waals surface area (Å²) in [7, 11) is -1.39. The molecular weight excluding hydrogens is 324 g/mol. The smallest absolute Gasteiger partial charge is 0.253 e. The molecule has 0 aliphatic carbocycles. The van der Waals surface area contributed by atoms with Crippen LogP contribution in [-0.4, -0.2) is 32.5 Å². The fourth-order valence-corrected chi connectivity index (χ4v) is 3.09. The highest BCUT2D eigenvalue weighted by molar-refractivity contribution is 7.89. The second-order valence-electron chi connectivity index (χ2n) is 5.74. The van der Waals surface area contributed by atoms with Crippen LogP contribution in [0.5, 0.6) is 0 Å². The van der Waals surface area contributed by atoms with Crippen LogP contribution in [0.15, 0.2) is 48.5 Å². The van der Waals surface area contributed by atoms with Crippen molar-refractivity contribution in [1.82, 2.24) is 4.90 Å². The molecule has 0 atom stereocenters. The van der Waals surface area contributed by atoms with E-state index in [0.717, 1.165) is 5.56 Å². The molecule has 0 aliphatic rings. The summed E-state index contributed by atoms with van der Waals surface area (Å²) in [6.45, 7) is 0.426. The zero-order chi connectivity index (χ0) is 17.7. The van der Waals surface area contributed by atoms with Crippen LogP contribution < -0.4 is 0 Å². The standard InChI is InChI=1S/C18H18N2O3S/c1-20(12-15-5-3-14(11-19)4-6-15)18(21)17-9-7-16(8-10-17)13-24(2,22)23/h3-10H,12-13H2,1-2H3. The SMILES string of the molecule is CN(Cc1ccc(C#N)cc1)C(=O)c1ccc(CS(C)(=O)=O)cc1. The summed E-state index contributed by atoms with van der Waals surface area (Å²) in [5.74, 6) is -0.187. The predicted octanol–water partition coefficient (Wildman–Crippen LogP) is 2.38. The molecule has 6 heteroatoms. The first-order valence-electron chi connectivity index (χ1n) is 7.29. The summed E-state index contributed by atoms with van der Waals surface area (Å²) in [5.41, 5.74) is 2.67. The predicted molar refractivity (Wildman–Crippen MR) is 91.9 cm³/mol. The lowest BCUT2D eigenvalue weighted by Gasteiger charge is -2.17. The van der Waals surface area contributed by atoms with E-state index in [2.05, 4.69) is 6.07 Å². The first kappa shape index (κ1) is 17.7. The van der Waals surface area contributed by atoms with E-state index in [-0.39, 0.29) is 11.7 Å². The number of nitrogens with zero attached hydrogens (tertiary/aromatic N) is 2. The molecule has 0 N–H and O–H groups in total. The number of carbonyl (C=O) groups excluding carboxylic acids is 1. The van der Waals surface area contributed by atoms with Crippen LogP contribution in [0, 0.1) is 11.3 Å². The highest BCUT2D eigenvalue weighted by Gasteiger charge is 2.13. The number of carbonyl (C=O) groups is 1. The van der Waals surface area contributed by atoms with E-state index in [0.29, 0.717) is 23.2 Å². The van der Waals surface area contributed by atoms with E-state index < -0.39 is 9.84 Å². The van der Waals surface area contributed by atoms with Crippen molar-refractivity contribution in [2.75, 3.05) is 13.3 Å². The Hall–Kier alpha value is -2.65. The van der Waals surface area contributed by atoms with Gasteiger partial charge in [0.2, 0.25) is 0 Å². The van der Waals surface area contributed by atoms with Crippen LogP contribution in [0.25, 0.3) is 0 Å². The van der Waals surface area contributed by atoms with E-state index in [1.165, 1.54) is 6.26 Å². The molecule has 0 saturated heterocycles. The van der Waals surface area contributed by atoms with Crippen molar-refractivity contribution in [3.63, 3.8) is 0 Å². The first-order valence-corrected chi connectivity index (χ1v) is 9.36. The summed E-state index contributed by atoms with van der Waals surface area (Å²) >= 11 is 0. The lowest BCUT2D eigenvalue weighted by Crippen LogP contribution is -2.26. The average Bonchev–Trinajstić information content (AvgIpc) is 2.54. The minimum atomic E-state index is -3.09. The number of rotatable bonds is 5. The number of hydrogen-bond donors (Lipinski definition) is 0. The Morgan fingerprint density at radius 3 is 2.08 bits per heavy atom. The Bertz CT molecular complexity index is 864. The Kier molecular flexibility index (Phi) is 5.37. The number of nitriles is 1. The second kappa shape index (κ2) is 7.28. The van der Waals surface area contributed by atoms with Crippen LogP contribution in [0.4, 0.5) is 0 Å². The Morgan fingerprint density at radius 2 is 1.58 bits per heavy atom. The third kappa shape index (κ3) is 4.93. The molecule has 124 valence electrons. The lowest BCUT2D eigenvalue weighted by molar-refractivity contribution is 0.0785. The van der Waals surface area contributed by atoms with Gasteiger partial charge in [0, 0.05) is 25.4 Å². The zero-order valence-electron chi connectivity index (χ0n) is 13.6. The Labute approximate surface area is 142 Å². The molecule has 0 saturated carbocycles. The average molecular weight is 342 g/mol. The van der Waals surface area contributed by atoms with Gasteiger partial charge in [-0.2, -0.15) is 5.26 Å². The number of hydrogen-bond acceptors (Lipinski definition) is 4. The number of amides is 1. The normalized spacial score (nSPS) is 10.9. The van der Waals surface area contributed by atoms with Crippen LogP contribution in [0.3, 0.4) is 0 Å². The first-order chi connectivity index (χ1) is 11.3. The Morgan fingerprint density at radius 1 is 1.04 bits per heavy atom. The van der Waals surface area contributed by atoms with Gasteiger partial charge in [-0.05, 0) is 35.4 Å². The van der Waals surface area contributed by atoms with Gasteiger partial charge in [-0.3, -0.25) is 4.79 Å². The zero-order valence-corrected chi connectivity index (χ0v) is 14.4. The largest absolute Gasteiger partial charge is 0.337 e. The van der Waals surface area contributed by atoms with Crippen molar-refractivity contribution in [2.24, 2.45) is 0 Å². The van der Waals surface area contributed by atoms with E-state index in [9.17, 15) is 13.2 Å². The molecule has 0 bridgehead atoms. The minimum absolute atomic E-state index is 0.0391. The van der Waals surface area contributed by atoms with Gasteiger partial charge in [0.1, 0.15) is 0 Å². The van der Waals surface area contributed by atoms with E-state index in [1.807, 2.05) is 12.1 Å². The number of sulfone groups is 1. The summed E-state index contributed by atoms with van der Waals surface area (Å²) in [6.07, 6.45) is 1.18. The molecule has 0 fully saturated rings. The van der Waals surface area contributed by atoms with Gasteiger partial charge in [0.25, 0.3) is 5.91 Å². The molecule has 2 rings (SSSR count). The third-order valence-electron chi connectivity index (χ3n) is 3.48. The van der Waals surface area contributed by atoms with Crippen molar-refractivity contribution < 1.29 is 13.2 Å². The summed E-state index contributed by atoms with van der Waals surface area (Å²) in [6, 6.07) is 15.7. The highest BCUT2D eigenvalue weighted by atomic mass is 32.2. The summed E-state index contributed by atoms with van der Waals surface area (Å²) in [4.78, 5) is 14.0. The van der Waals surface area contributed by atoms with E-state index >= 15 is 0 Å². The third-order valence-corrected chi connectivity index (χ3v) is 4.34. The van der Waals surface area contributed by atoms with Gasteiger partial charge in [-0.25, -0.2) is 8.42 Å². The molecule has 0 aromatic heterocycles. The number of benzene rings is 2. The summed E-state index contributed by atoms with van der Waals surface area (Å²) < 4.78 is 22.6. The highest BCUT2D eigenvalue weighted by Crippen LogP contribution is 2.12. The topological polar surface area (TPSA) is 78.2 Å². The maximum atomic E-state index is 12.4. The van der Waals surface area contributed by atoms with Crippen molar-refractivity contribution in [1.29, 1.82) is 5.26 Å². The minimum Gasteiger partial charge on any atom is -0.337 e. The molecule has 0 radical (unpaired) electrons. The quantitative estimate of drug-likeness (QED) is 0.836. The van der Waals surface area contributed by atoms with Crippen molar-refractivity contribution in [3.8, 4) is 6.07 Å². The van der Waals surface area contributed by atoms with Crippen molar-refractivity contribution in [3.05, 3.63) is 70.8 Å². The van der Waals surface area contributed by atoms with Gasteiger partial charge in [-0.1, -0.05) is 24.3 Å². The monoisotopic (exact) mass is 342 g/mol. The van der Waals surface area contributed by atoms with Crippen molar-refractivity contribution in [2.45, 2.75) is 12.3 Å². The van der Waals surface area contributed by atoms with E-state index in [4.69, 9.17) is 5.26 Å². The van der Waals surface area contributed by atoms with Crippen LogP contribution >= 0.6 is 0 Å².